The first kappa shape index (κ1) is 13.6. The van der Waals surface area contributed by atoms with Crippen LogP contribution < -0.4 is 4.57 Å². The van der Waals surface area contributed by atoms with E-state index in [9.17, 15) is 0 Å². The van der Waals surface area contributed by atoms with Crippen molar-refractivity contribution in [3.05, 3.63) is 97.0 Å². The second-order valence-electron chi connectivity index (χ2n) is 5.60. The molecule has 3 aromatic carbocycles. The van der Waals surface area contributed by atoms with Gasteiger partial charge in [0, 0.05) is 5.56 Å². The number of rotatable bonds is 3. The maximum atomic E-state index is 4.35. The molecular formula is C21H17N2+. The lowest BCUT2D eigenvalue weighted by Crippen LogP contribution is -2.36. The number of fused-ring (bicyclic) bond motifs is 1. The molecule has 0 aliphatic heterocycles. The van der Waals surface area contributed by atoms with Crippen molar-refractivity contribution in [2.45, 2.75) is 6.54 Å². The van der Waals surface area contributed by atoms with Crippen LogP contribution in [0.4, 0.5) is 0 Å². The van der Waals surface area contributed by atoms with Gasteiger partial charge in [-0.05, 0) is 16.8 Å². The highest BCUT2D eigenvalue weighted by Gasteiger charge is 2.15. The molecule has 2 nitrogen and oxygen atoms in total. The zero-order valence-corrected chi connectivity index (χ0v) is 12.8. The zero-order chi connectivity index (χ0) is 15.5. The Bertz CT molecular complexity index is 940. The first-order chi connectivity index (χ1) is 11.4. The van der Waals surface area contributed by atoms with Crippen LogP contribution in [0.15, 0.2) is 91.4 Å². The molecule has 4 rings (SSSR count). The van der Waals surface area contributed by atoms with E-state index < -0.39 is 0 Å². The van der Waals surface area contributed by atoms with E-state index in [0.29, 0.717) is 0 Å². The summed E-state index contributed by atoms with van der Waals surface area (Å²) in [4.78, 5) is 4.35. The number of aromatic nitrogens is 2. The van der Waals surface area contributed by atoms with Crippen LogP contribution in [0.2, 0.25) is 0 Å². The maximum Gasteiger partial charge on any atom is 0.231 e. The highest BCUT2D eigenvalue weighted by molar-refractivity contribution is 5.95. The number of hydrogen-bond acceptors (Lipinski definition) is 1. The second kappa shape index (κ2) is 6.01. The lowest BCUT2D eigenvalue weighted by atomic mass is 10.0. The van der Waals surface area contributed by atoms with E-state index in [4.69, 9.17) is 0 Å². The standard InChI is InChI=1S/C21H17N2/c1-2-7-17(8-3-1)16-23-14-13-22-15-21(23)20-12-6-10-18-9-4-5-11-19(18)20/h1-15H,16H2/q+1. The minimum atomic E-state index is 0.835. The quantitative estimate of drug-likeness (QED) is 0.517. The Morgan fingerprint density at radius 1 is 0.783 bits per heavy atom. The molecule has 0 saturated carbocycles. The molecule has 0 atom stereocenters. The molecule has 4 aromatic rings. The SMILES string of the molecule is c1ccc(C[n+]2ccncc2-c2cccc3ccccc23)cc1. The average molecular weight is 297 g/mol. The van der Waals surface area contributed by atoms with Gasteiger partial charge in [-0.2, -0.15) is 4.57 Å². The summed E-state index contributed by atoms with van der Waals surface area (Å²) in [5.41, 5.74) is 3.63. The summed E-state index contributed by atoms with van der Waals surface area (Å²) in [6, 6.07) is 25.4. The topological polar surface area (TPSA) is 16.8 Å². The smallest absolute Gasteiger partial charge is 0.231 e. The lowest BCUT2D eigenvalue weighted by molar-refractivity contribution is -0.677. The second-order valence-corrected chi connectivity index (χ2v) is 5.60. The Hall–Kier alpha value is -3.00. The van der Waals surface area contributed by atoms with Gasteiger partial charge in [0.2, 0.25) is 5.69 Å². The molecule has 0 spiro atoms. The van der Waals surface area contributed by atoms with Crippen LogP contribution in [0, 0.1) is 0 Å². The summed E-state index contributed by atoms with van der Waals surface area (Å²) in [6.07, 6.45) is 5.84. The van der Waals surface area contributed by atoms with Crippen molar-refractivity contribution < 1.29 is 4.57 Å². The molecule has 0 fully saturated rings. The van der Waals surface area contributed by atoms with E-state index in [2.05, 4.69) is 76.3 Å². The van der Waals surface area contributed by atoms with Crippen molar-refractivity contribution >= 4 is 10.8 Å². The Balaban J connectivity index is 1.86. The molecule has 0 aliphatic carbocycles. The molecule has 23 heavy (non-hydrogen) atoms. The van der Waals surface area contributed by atoms with Crippen LogP contribution in [-0.4, -0.2) is 4.98 Å². The monoisotopic (exact) mass is 297 g/mol. The largest absolute Gasteiger partial charge is 0.252 e. The molecule has 0 N–H and O–H groups in total. The van der Waals surface area contributed by atoms with Crippen molar-refractivity contribution in [1.82, 2.24) is 4.98 Å². The molecule has 2 heteroatoms. The van der Waals surface area contributed by atoms with Gasteiger partial charge in [-0.3, -0.25) is 4.98 Å². The molecule has 0 saturated heterocycles. The summed E-state index contributed by atoms with van der Waals surface area (Å²) in [7, 11) is 0. The minimum Gasteiger partial charge on any atom is -0.252 e. The van der Waals surface area contributed by atoms with Crippen LogP contribution in [0.3, 0.4) is 0 Å². The predicted molar refractivity (Wildman–Crippen MR) is 92.9 cm³/mol. The zero-order valence-electron chi connectivity index (χ0n) is 12.8. The summed E-state index contributed by atoms with van der Waals surface area (Å²) < 4.78 is 2.25. The van der Waals surface area contributed by atoms with Gasteiger partial charge < -0.3 is 0 Å². The molecule has 110 valence electrons. The third-order valence-corrected chi connectivity index (χ3v) is 4.10. The normalized spacial score (nSPS) is 10.8. The average Bonchev–Trinajstić information content (AvgIpc) is 2.63. The summed E-state index contributed by atoms with van der Waals surface area (Å²) in [5, 5.41) is 2.50. The molecule has 1 heterocycles. The van der Waals surface area contributed by atoms with Gasteiger partial charge in [0.15, 0.2) is 12.7 Å². The molecule has 0 amide bonds. The van der Waals surface area contributed by atoms with Crippen LogP contribution in [0.5, 0.6) is 0 Å². The van der Waals surface area contributed by atoms with Gasteiger partial charge in [-0.15, -0.1) is 0 Å². The molecule has 0 unspecified atom stereocenters. The number of benzene rings is 3. The first-order valence-electron chi connectivity index (χ1n) is 7.77. The fraction of sp³-hybridized carbons (Fsp3) is 0.0476. The van der Waals surface area contributed by atoms with E-state index >= 15 is 0 Å². The van der Waals surface area contributed by atoms with E-state index in [-0.39, 0.29) is 0 Å². The van der Waals surface area contributed by atoms with Crippen molar-refractivity contribution in [3.63, 3.8) is 0 Å². The molecule has 0 bridgehead atoms. The fourth-order valence-corrected chi connectivity index (χ4v) is 2.98. The molecular weight excluding hydrogens is 280 g/mol. The van der Waals surface area contributed by atoms with Gasteiger partial charge in [0.25, 0.3) is 0 Å². The van der Waals surface area contributed by atoms with Crippen LogP contribution in [0.1, 0.15) is 5.56 Å². The Morgan fingerprint density at radius 2 is 1.57 bits per heavy atom. The number of nitrogens with zero attached hydrogens (tertiary/aromatic N) is 2. The van der Waals surface area contributed by atoms with Gasteiger partial charge in [-0.1, -0.05) is 66.7 Å². The fourth-order valence-electron chi connectivity index (χ4n) is 2.98. The van der Waals surface area contributed by atoms with E-state index in [1.165, 1.54) is 21.9 Å². The molecule has 0 radical (unpaired) electrons. The van der Waals surface area contributed by atoms with E-state index in [1.807, 2.05) is 24.7 Å². The van der Waals surface area contributed by atoms with Crippen molar-refractivity contribution in [2.24, 2.45) is 0 Å². The summed E-state index contributed by atoms with van der Waals surface area (Å²) >= 11 is 0. The molecule has 0 aliphatic rings. The van der Waals surface area contributed by atoms with Crippen molar-refractivity contribution in [2.75, 3.05) is 0 Å². The van der Waals surface area contributed by atoms with E-state index in [0.717, 1.165) is 12.2 Å². The van der Waals surface area contributed by atoms with Gasteiger partial charge in [0.05, 0.1) is 18.0 Å². The van der Waals surface area contributed by atoms with Gasteiger partial charge >= 0.3 is 0 Å². The highest BCUT2D eigenvalue weighted by Crippen LogP contribution is 2.26. The van der Waals surface area contributed by atoms with E-state index in [1.54, 1.807) is 0 Å². The van der Waals surface area contributed by atoms with Crippen molar-refractivity contribution in [3.8, 4) is 11.3 Å². The molecule has 1 aromatic heterocycles. The van der Waals surface area contributed by atoms with Crippen LogP contribution >= 0.6 is 0 Å². The van der Waals surface area contributed by atoms with Gasteiger partial charge in [0.1, 0.15) is 0 Å². The third kappa shape index (κ3) is 2.71. The highest BCUT2D eigenvalue weighted by atomic mass is 15.0. The van der Waals surface area contributed by atoms with Gasteiger partial charge in [-0.25, -0.2) is 0 Å². The summed E-state index contributed by atoms with van der Waals surface area (Å²) in [6.45, 7) is 0.835. The number of hydrogen-bond donors (Lipinski definition) is 0. The maximum absolute atomic E-state index is 4.35. The van der Waals surface area contributed by atoms with Crippen LogP contribution in [0.25, 0.3) is 22.0 Å². The van der Waals surface area contributed by atoms with Crippen molar-refractivity contribution in [1.29, 1.82) is 0 Å². The minimum absolute atomic E-state index is 0.835. The Morgan fingerprint density at radius 3 is 2.48 bits per heavy atom. The predicted octanol–water partition coefficient (Wildman–Crippen LogP) is 4.24. The Kier molecular flexibility index (Phi) is 3.57. The third-order valence-electron chi connectivity index (χ3n) is 4.10. The Labute approximate surface area is 135 Å². The van der Waals surface area contributed by atoms with Crippen LogP contribution in [-0.2, 0) is 6.54 Å². The lowest BCUT2D eigenvalue weighted by Gasteiger charge is -2.07. The summed E-state index contributed by atoms with van der Waals surface area (Å²) in [5.74, 6) is 0. The first-order valence-corrected chi connectivity index (χ1v) is 7.77.